The lowest BCUT2D eigenvalue weighted by molar-refractivity contribution is -0.273. The molecule has 0 aromatic heterocycles. The van der Waals surface area contributed by atoms with E-state index in [0.717, 1.165) is 11.9 Å². The number of nitrogens with zero attached hydrogens (tertiary/aromatic N) is 1. The minimum Gasteiger partial charge on any atom is -0.458 e. The molecule has 10 nitrogen and oxygen atoms in total. The number of ether oxygens (including phenoxy) is 5. The predicted molar refractivity (Wildman–Crippen MR) is 130 cm³/mol. The average Bonchev–Trinajstić information content (AvgIpc) is 3.23. The zero-order valence-electron chi connectivity index (χ0n) is 22.6. The van der Waals surface area contributed by atoms with Crippen molar-refractivity contribution >= 4 is 24.2 Å². The largest absolute Gasteiger partial charge is 0.458 e. The molecule has 5 aliphatic carbocycles. The van der Waals surface area contributed by atoms with Crippen LogP contribution in [0.2, 0.25) is 0 Å². The predicted octanol–water partition coefficient (Wildman–Crippen LogP) is 1.22. The Hall–Kier alpha value is -2.56. The van der Waals surface area contributed by atoms with Crippen LogP contribution in [-0.4, -0.2) is 92.0 Å². The number of methoxy groups -OCH3 is 2. The third-order valence-corrected chi connectivity index (χ3v) is 10.7. The molecule has 10 heteroatoms. The number of hydrogen-bond donors (Lipinski definition) is 0. The van der Waals surface area contributed by atoms with Gasteiger partial charge in [-0.1, -0.05) is 12.7 Å². The molecule has 2 aliphatic heterocycles. The smallest absolute Gasteiger partial charge is 0.303 e. The number of fused-ring (bicyclic) bond motifs is 2. The van der Waals surface area contributed by atoms with E-state index in [1.54, 1.807) is 7.11 Å². The Balaban J connectivity index is 1.69. The van der Waals surface area contributed by atoms with Crippen LogP contribution in [0.5, 0.6) is 0 Å². The van der Waals surface area contributed by atoms with E-state index in [9.17, 15) is 19.2 Å². The van der Waals surface area contributed by atoms with Crippen molar-refractivity contribution in [2.24, 2.45) is 29.1 Å². The van der Waals surface area contributed by atoms with Gasteiger partial charge in [0.15, 0.2) is 11.7 Å². The van der Waals surface area contributed by atoms with Gasteiger partial charge in [0.25, 0.3) is 0 Å². The molecule has 7 aliphatic rings. The lowest BCUT2D eigenvalue weighted by atomic mass is 9.47. The Kier molecular flexibility index (Phi) is 5.40. The van der Waals surface area contributed by atoms with Gasteiger partial charge in [-0.25, -0.2) is 0 Å². The minimum atomic E-state index is -1.28. The van der Waals surface area contributed by atoms with Gasteiger partial charge >= 0.3 is 17.9 Å². The highest BCUT2D eigenvalue weighted by Crippen LogP contribution is 2.79. The second-order valence-electron chi connectivity index (χ2n) is 11.9. The second-order valence-corrected chi connectivity index (χ2v) is 11.9. The van der Waals surface area contributed by atoms with Gasteiger partial charge < -0.3 is 23.7 Å². The van der Waals surface area contributed by atoms with Crippen LogP contribution < -0.4 is 0 Å². The van der Waals surface area contributed by atoms with Gasteiger partial charge in [-0.15, -0.1) is 0 Å². The van der Waals surface area contributed by atoms with Gasteiger partial charge in [0.05, 0.1) is 12.1 Å². The number of esters is 3. The Morgan fingerprint density at radius 1 is 1.00 bits per heavy atom. The number of aldehydes is 1. The fraction of sp³-hybridized carbons (Fsp3) is 0.714. The fourth-order valence-corrected chi connectivity index (χ4v) is 10.3. The summed E-state index contributed by atoms with van der Waals surface area (Å²) >= 11 is 0. The maximum absolute atomic E-state index is 12.8. The van der Waals surface area contributed by atoms with Gasteiger partial charge in [0.1, 0.15) is 18.0 Å². The summed E-state index contributed by atoms with van der Waals surface area (Å²) in [7, 11) is 5.16. The van der Waals surface area contributed by atoms with E-state index >= 15 is 0 Å². The van der Waals surface area contributed by atoms with Gasteiger partial charge in [0, 0.05) is 76.2 Å². The monoisotopic (exact) mass is 529 g/mol. The normalized spacial score (nSPS) is 49.4. The van der Waals surface area contributed by atoms with Crippen molar-refractivity contribution in [2.45, 2.75) is 75.2 Å². The number of hydrogen-bond acceptors (Lipinski definition) is 10. The molecule has 38 heavy (non-hydrogen) atoms. The zero-order chi connectivity index (χ0) is 27.5. The summed E-state index contributed by atoms with van der Waals surface area (Å²) in [6.45, 7) is 8.50. The molecule has 5 fully saturated rings. The molecule has 2 heterocycles. The Morgan fingerprint density at radius 3 is 2.21 bits per heavy atom. The van der Waals surface area contributed by atoms with E-state index in [1.807, 2.05) is 7.05 Å². The molecule has 1 spiro atoms. The van der Waals surface area contributed by atoms with Crippen LogP contribution in [-0.2, 0) is 42.9 Å². The Labute approximate surface area is 221 Å². The Morgan fingerprint density at radius 2 is 1.66 bits per heavy atom. The molecule has 7 bridgehead atoms. The van der Waals surface area contributed by atoms with E-state index in [0.29, 0.717) is 12.0 Å². The summed E-state index contributed by atoms with van der Waals surface area (Å²) in [5, 5.41) is 0. The molecule has 1 unspecified atom stereocenters. The Bertz CT molecular complexity index is 1180. The molecule has 1 saturated heterocycles. The first kappa shape index (κ1) is 25.7. The van der Waals surface area contributed by atoms with Gasteiger partial charge in [-0.3, -0.25) is 24.1 Å². The van der Waals surface area contributed by atoms with E-state index in [4.69, 9.17) is 23.7 Å². The van der Waals surface area contributed by atoms with Gasteiger partial charge in [0.2, 0.25) is 0 Å². The van der Waals surface area contributed by atoms with E-state index in [-0.39, 0.29) is 42.4 Å². The summed E-state index contributed by atoms with van der Waals surface area (Å²) in [5.74, 6) is -2.85. The van der Waals surface area contributed by atoms with Crippen LogP contribution in [0.15, 0.2) is 23.8 Å². The van der Waals surface area contributed by atoms with Crippen molar-refractivity contribution < 1.29 is 42.9 Å². The van der Waals surface area contributed by atoms with Crippen LogP contribution in [0, 0.1) is 29.1 Å². The highest BCUT2D eigenvalue weighted by Gasteiger charge is 2.88. The van der Waals surface area contributed by atoms with Crippen LogP contribution in [0.4, 0.5) is 0 Å². The van der Waals surface area contributed by atoms with Gasteiger partial charge in [-0.2, -0.15) is 0 Å². The molecule has 0 N–H and O–H groups in total. The molecule has 0 aromatic rings. The SMILES string of the molecule is C=C1C2C(C=O)=C[C@]34[C@@H]5C[C@]6(OC(C)=O)[C@@H](OC)C[C@@](OC(C)=O)([C@H]5[C@H]6OC(C)=O)[C@@H]([C@H](OC)[C@H]13)[C@H]4N2C. The quantitative estimate of drug-likeness (QED) is 0.215. The third kappa shape index (κ3) is 2.69. The standard InChI is InChI=1S/C28H35NO9/c1-12-19-23(35-7)21-24-26(19,8-16(11-30)22(12)29(24)5)17-9-27(37-14(3)32)18(34-6)10-28(21,38-15(4)33)20(17)25(27)36-13(2)31/h8,11,17-25H,1,9-10H2,2-7H3/t17-,18+,19+,20-,21+,22?,23-,24-,25-,26+,27+,28-/m1/s1. The molecule has 206 valence electrons. The number of rotatable bonds is 6. The maximum Gasteiger partial charge on any atom is 0.303 e. The average molecular weight is 530 g/mol. The molecule has 7 rings (SSSR count). The summed E-state index contributed by atoms with van der Waals surface area (Å²) in [4.78, 5) is 52.5. The van der Waals surface area contributed by atoms with E-state index in [1.165, 1.54) is 27.9 Å². The van der Waals surface area contributed by atoms with E-state index in [2.05, 4.69) is 17.6 Å². The van der Waals surface area contributed by atoms with Crippen molar-refractivity contribution in [3.8, 4) is 0 Å². The van der Waals surface area contributed by atoms with Crippen molar-refractivity contribution in [3.05, 3.63) is 23.8 Å². The van der Waals surface area contributed by atoms with Crippen LogP contribution >= 0.6 is 0 Å². The zero-order valence-corrected chi connectivity index (χ0v) is 22.6. The molecule has 0 aromatic carbocycles. The highest BCUT2D eigenvalue weighted by atomic mass is 16.6. The lowest BCUT2D eigenvalue weighted by Crippen LogP contribution is -2.75. The fourth-order valence-electron chi connectivity index (χ4n) is 10.3. The minimum absolute atomic E-state index is 0.154. The van der Waals surface area contributed by atoms with Crippen LogP contribution in [0.25, 0.3) is 0 Å². The third-order valence-electron chi connectivity index (χ3n) is 10.7. The van der Waals surface area contributed by atoms with Crippen molar-refractivity contribution in [2.75, 3.05) is 21.3 Å². The second kappa shape index (κ2) is 7.99. The summed E-state index contributed by atoms with van der Waals surface area (Å²) in [6.07, 6.45) is 1.51. The molecular weight excluding hydrogens is 494 g/mol. The first-order valence-electron chi connectivity index (χ1n) is 13.2. The summed E-state index contributed by atoms with van der Waals surface area (Å²) in [5.41, 5.74) is -1.54. The molecule has 12 atom stereocenters. The van der Waals surface area contributed by atoms with Crippen LogP contribution in [0.1, 0.15) is 33.6 Å². The molecular formula is C28H35NO9. The molecule has 0 amide bonds. The number of piperidine rings is 1. The molecule has 4 saturated carbocycles. The van der Waals surface area contributed by atoms with Crippen molar-refractivity contribution in [3.63, 3.8) is 0 Å². The first-order chi connectivity index (χ1) is 17.9. The topological polar surface area (TPSA) is 118 Å². The number of carbonyl (C=O) groups excluding carboxylic acids is 4. The van der Waals surface area contributed by atoms with E-state index < -0.39 is 52.7 Å². The van der Waals surface area contributed by atoms with Crippen LogP contribution in [0.3, 0.4) is 0 Å². The summed E-state index contributed by atoms with van der Waals surface area (Å²) < 4.78 is 30.8. The first-order valence-corrected chi connectivity index (χ1v) is 13.2. The number of carbonyl (C=O) groups is 4. The lowest BCUT2D eigenvalue weighted by Gasteiger charge is -2.65. The highest BCUT2D eigenvalue weighted by molar-refractivity contribution is 5.79. The summed E-state index contributed by atoms with van der Waals surface area (Å²) in [6, 6.07) is -0.430. The molecule has 0 radical (unpaired) electrons. The maximum atomic E-state index is 12.8. The number of likely N-dealkylation sites (N-methyl/N-ethyl adjacent to an activating group) is 1. The van der Waals surface area contributed by atoms with Gasteiger partial charge in [-0.05, 0) is 25.0 Å². The van der Waals surface area contributed by atoms with Crippen molar-refractivity contribution in [1.82, 2.24) is 4.90 Å². The van der Waals surface area contributed by atoms with Crippen molar-refractivity contribution in [1.29, 1.82) is 0 Å².